The molecule has 80 valence electrons. The van der Waals surface area contributed by atoms with E-state index in [0.29, 0.717) is 12.4 Å². The maximum atomic E-state index is 11.3. The number of nitrogens with two attached hydrogens (primary N) is 1. The number of nitrogens with zero attached hydrogens (tertiary/aromatic N) is 2. The summed E-state index contributed by atoms with van der Waals surface area (Å²) in [6.07, 6.45) is 4.08. The van der Waals surface area contributed by atoms with Crippen molar-refractivity contribution in [2.24, 2.45) is 10.7 Å². The summed E-state index contributed by atoms with van der Waals surface area (Å²) >= 11 is 1.81. The first-order chi connectivity index (χ1) is 6.70. The van der Waals surface area contributed by atoms with Gasteiger partial charge in [0.15, 0.2) is 0 Å². The van der Waals surface area contributed by atoms with Crippen LogP contribution in [-0.4, -0.2) is 41.4 Å². The molecular formula is C9H17N3OS. The molecule has 0 aromatic carbocycles. The number of carbonyl (C=O) groups is 1. The van der Waals surface area contributed by atoms with Crippen LogP contribution in [0, 0.1) is 0 Å². The molecular weight excluding hydrogens is 198 g/mol. The van der Waals surface area contributed by atoms with Crippen LogP contribution in [0.1, 0.15) is 19.8 Å². The molecule has 0 saturated heterocycles. The van der Waals surface area contributed by atoms with Gasteiger partial charge in [-0.05, 0) is 31.8 Å². The Morgan fingerprint density at radius 1 is 1.64 bits per heavy atom. The molecule has 2 amide bonds. The van der Waals surface area contributed by atoms with Gasteiger partial charge >= 0.3 is 6.03 Å². The van der Waals surface area contributed by atoms with Crippen molar-refractivity contribution in [3.63, 3.8) is 0 Å². The van der Waals surface area contributed by atoms with Crippen LogP contribution in [0.2, 0.25) is 0 Å². The molecule has 0 fully saturated rings. The minimum atomic E-state index is -0.181. The van der Waals surface area contributed by atoms with E-state index in [0.717, 1.165) is 18.6 Å². The quantitative estimate of drug-likeness (QED) is 0.703. The van der Waals surface area contributed by atoms with Crippen molar-refractivity contribution < 1.29 is 4.79 Å². The number of hydrogen-bond donors (Lipinski definition) is 1. The summed E-state index contributed by atoms with van der Waals surface area (Å²) in [7, 11) is 0. The normalized spacial score (nSPS) is 21.6. The molecule has 4 nitrogen and oxygen atoms in total. The standard InChI is InChI=1S/C9H17N3OS/c1-3-12-7(5-4-6-14-2)8(10)11-9(12)13/h7H,3-6H2,1-2H3,(H2,10,11,13). The molecule has 1 heterocycles. The second-order valence-corrected chi connectivity index (χ2v) is 4.24. The lowest BCUT2D eigenvalue weighted by molar-refractivity contribution is 0.207. The number of rotatable bonds is 5. The molecule has 0 aliphatic carbocycles. The fourth-order valence-electron chi connectivity index (χ4n) is 1.62. The zero-order valence-electron chi connectivity index (χ0n) is 8.69. The highest BCUT2D eigenvalue weighted by Crippen LogP contribution is 2.16. The van der Waals surface area contributed by atoms with E-state index in [1.807, 2.05) is 18.7 Å². The first-order valence-electron chi connectivity index (χ1n) is 4.84. The third-order valence-corrected chi connectivity index (χ3v) is 3.05. The van der Waals surface area contributed by atoms with E-state index in [9.17, 15) is 4.79 Å². The van der Waals surface area contributed by atoms with Crippen molar-refractivity contribution in [2.45, 2.75) is 25.8 Å². The van der Waals surface area contributed by atoms with Crippen molar-refractivity contribution in [3.8, 4) is 0 Å². The maximum absolute atomic E-state index is 11.3. The van der Waals surface area contributed by atoms with Crippen LogP contribution in [0.4, 0.5) is 4.79 Å². The summed E-state index contributed by atoms with van der Waals surface area (Å²) < 4.78 is 0. The fourth-order valence-corrected chi connectivity index (χ4v) is 2.08. The SMILES string of the molecule is CCN1C(=O)N=C(N)C1CCCSC. The largest absolute Gasteiger partial charge is 0.385 e. The minimum absolute atomic E-state index is 0.0413. The van der Waals surface area contributed by atoms with E-state index in [4.69, 9.17) is 5.73 Å². The predicted octanol–water partition coefficient (Wildman–Crippen LogP) is 1.31. The topological polar surface area (TPSA) is 58.7 Å². The molecule has 0 radical (unpaired) electrons. The number of urea groups is 1. The molecule has 2 N–H and O–H groups in total. The predicted molar refractivity (Wildman–Crippen MR) is 60.8 cm³/mol. The van der Waals surface area contributed by atoms with Crippen LogP contribution >= 0.6 is 11.8 Å². The second-order valence-electron chi connectivity index (χ2n) is 3.26. The van der Waals surface area contributed by atoms with Crippen LogP contribution in [0.25, 0.3) is 0 Å². The minimum Gasteiger partial charge on any atom is -0.385 e. The number of amidine groups is 1. The molecule has 0 aromatic rings. The molecule has 0 aromatic heterocycles. The molecule has 0 spiro atoms. The number of aliphatic imine (C=N–C) groups is 1. The van der Waals surface area contributed by atoms with Gasteiger partial charge in [-0.2, -0.15) is 16.8 Å². The second kappa shape index (κ2) is 5.24. The highest BCUT2D eigenvalue weighted by atomic mass is 32.2. The number of hydrogen-bond acceptors (Lipinski definition) is 3. The van der Waals surface area contributed by atoms with Gasteiger partial charge in [0.2, 0.25) is 0 Å². The van der Waals surface area contributed by atoms with Gasteiger partial charge in [0.1, 0.15) is 5.84 Å². The average Bonchev–Trinajstić information content (AvgIpc) is 2.42. The van der Waals surface area contributed by atoms with Crippen LogP contribution in [0.15, 0.2) is 4.99 Å². The van der Waals surface area contributed by atoms with Crippen LogP contribution in [0.5, 0.6) is 0 Å². The molecule has 1 unspecified atom stereocenters. The van der Waals surface area contributed by atoms with Crippen molar-refractivity contribution in [1.82, 2.24) is 4.90 Å². The first-order valence-corrected chi connectivity index (χ1v) is 6.23. The molecule has 5 heteroatoms. The Kier molecular flexibility index (Phi) is 4.25. The van der Waals surface area contributed by atoms with E-state index in [2.05, 4.69) is 11.2 Å². The van der Waals surface area contributed by atoms with Crippen molar-refractivity contribution >= 4 is 23.6 Å². The van der Waals surface area contributed by atoms with Gasteiger partial charge in [-0.3, -0.25) is 0 Å². The monoisotopic (exact) mass is 215 g/mol. The Labute approximate surface area is 88.9 Å². The number of likely N-dealkylation sites (N-methyl/N-ethyl adjacent to an activating group) is 1. The lowest BCUT2D eigenvalue weighted by Gasteiger charge is -2.22. The van der Waals surface area contributed by atoms with Gasteiger partial charge in [-0.1, -0.05) is 0 Å². The lowest BCUT2D eigenvalue weighted by Crippen LogP contribution is -2.40. The lowest BCUT2D eigenvalue weighted by atomic mass is 10.1. The summed E-state index contributed by atoms with van der Waals surface area (Å²) in [6, 6.07) is -0.140. The number of thioether (sulfide) groups is 1. The van der Waals surface area contributed by atoms with Gasteiger partial charge in [-0.25, -0.2) is 4.79 Å². The fraction of sp³-hybridized carbons (Fsp3) is 0.778. The first kappa shape index (κ1) is 11.4. The summed E-state index contributed by atoms with van der Waals surface area (Å²) in [5.74, 6) is 1.59. The van der Waals surface area contributed by atoms with E-state index in [1.54, 1.807) is 4.90 Å². The third kappa shape index (κ3) is 2.41. The van der Waals surface area contributed by atoms with Gasteiger partial charge < -0.3 is 10.6 Å². The van der Waals surface area contributed by atoms with Crippen molar-refractivity contribution in [3.05, 3.63) is 0 Å². The molecule has 1 atom stereocenters. The Hall–Kier alpha value is -0.710. The van der Waals surface area contributed by atoms with Crippen molar-refractivity contribution in [2.75, 3.05) is 18.6 Å². The van der Waals surface area contributed by atoms with E-state index < -0.39 is 0 Å². The van der Waals surface area contributed by atoms with E-state index in [-0.39, 0.29) is 12.1 Å². The smallest absolute Gasteiger partial charge is 0.345 e. The molecule has 14 heavy (non-hydrogen) atoms. The zero-order valence-corrected chi connectivity index (χ0v) is 9.51. The van der Waals surface area contributed by atoms with Crippen molar-refractivity contribution in [1.29, 1.82) is 0 Å². The highest BCUT2D eigenvalue weighted by molar-refractivity contribution is 7.98. The number of carbonyl (C=O) groups excluding carboxylic acids is 1. The average molecular weight is 215 g/mol. The van der Waals surface area contributed by atoms with E-state index >= 15 is 0 Å². The Morgan fingerprint density at radius 3 is 2.93 bits per heavy atom. The summed E-state index contributed by atoms with van der Waals surface area (Å²) in [6.45, 7) is 2.64. The van der Waals surface area contributed by atoms with Gasteiger partial charge in [-0.15, -0.1) is 0 Å². The number of amides is 2. The molecule has 1 aliphatic heterocycles. The highest BCUT2D eigenvalue weighted by Gasteiger charge is 2.31. The summed E-state index contributed by atoms with van der Waals surface area (Å²) in [4.78, 5) is 16.8. The van der Waals surface area contributed by atoms with Crippen LogP contribution in [0.3, 0.4) is 0 Å². The van der Waals surface area contributed by atoms with E-state index in [1.165, 1.54) is 0 Å². The molecule has 1 rings (SSSR count). The Bertz CT molecular complexity index is 242. The van der Waals surface area contributed by atoms with Crippen LogP contribution < -0.4 is 5.73 Å². The third-order valence-electron chi connectivity index (χ3n) is 2.35. The van der Waals surface area contributed by atoms with Crippen LogP contribution in [-0.2, 0) is 0 Å². The van der Waals surface area contributed by atoms with Gasteiger partial charge in [0, 0.05) is 6.54 Å². The van der Waals surface area contributed by atoms with Gasteiger partial charge in [0.05, 0.1) is 6.04 Å². The molecule has 1 aliphatic rings. The zero-order chi connectivity index (χ0) is 10.6. The maximum Gasteiger partial charge on any atom is 0.345 e. The molecule has 0 bridgehead atoms. The summed E-state index contributed by atoms with van der Waals surface area (Å²) in [5, 5.41) is 0. The Balaban J connectivity index is 2.49. The van der Waals surface area contributed by atoms with Gasteiger partial charge in [0.25, 0.3) is 0 Å². The molecule has 0 saturated carbocycles. The Morgan fingerprint density at radius 2 is 2.36 bits per heavy atom. The summed E-state index contributed by atoms with van der Waals surface area (Å²) in [5.41, 5.74) is 5.70.